The lowest BCUT2D eigenvalue weighted by Gasteiger charge is -2.34. The molecule has 0 atom stereocenters. The molecule has 1 saturated carbocycles. The molecule has 0 aliphatic heterocycles. The van der Waals surface area contributed by atoms with E-state index in [0.29, 0.717) is 10.3 Å². The van der Waals surface area contributed by atoms with E-state index in [9.17, 15) is 8.42 Å². The summed E-state index contributed by atoms with van der Waals surface area (Å²) < 4.78 is 27.5. The maximum Gasteiger partial charge on any atom is 0.241 e. The minimum absolute atomic E-state index is 0.0588. The zero-order valence-corrected chi connectivity index (χ0v) is 13.1. The van der Waals surface area contributed by atoms with E-state index in [2.05, 4.69) is 18.6 Å². The van der Waals surface area contributed by atoms with Crippen LogP contribution in [0, 0.1) is 5.41 Å². The van der Waals surface area contributed by atoms with Gasteiger partial charge in [-0.2, -0.15) is 0 Å². The molecule has 0 saturated heterocycles. The molecule has 0 bridgehead atoms. The first kappa shape index (κ1) is 15.0. The first-order valence-electron chi connectivity index (χ1n) is 6.63. The van der Waals surface area contributed by atoms with Crippen molar-refractivity contribution in [2.75, 3.05) is 0 Å². The lowest BCUT2D eigenvalue weighted by Crippen LogP contribution is -2.39. The number of nitrogens with one attached hydrogen (secondary N) is 1. The molecule has 2 rings (SSSR count). The topological polar surface area (TPSA) is 72.2 Å². The van der Waals surface area contributed by atoms with E-state index in [1.54, 1.807) is 11.4 Å². The molecular formula is C13H22N2O2S2. The summed E-state index contributed by atoms with van der Waals surface area (Å²) in [4.78, 5) is 1.08. The fourth-order valence-corrected chi connectivity index (χ4v) is 5.16. The van der Waals surface area contributed by atoms with Crippen molar-refractivity contribution < 1.29 is 8.42 Å². The van der Waals surface area contributed by atoms with Gasteiger partial charge in [0.25, 0.3) is 0 Å². The summed E-state index contributed by atoms with van der Waals surface area (Å²) in [7, 11) is -3.42. The van der Waals surface area contributed by atoms with Crippen LogP contribution in [0.2, 0.25) is 0 Å². The molecule has 19 heavy (non-hydrogen) atoms. The van der Waals surface area contributed by atoms with Gasteiger partial charge in [0.15, 0.2) is 0 Å². The first-order chi connectivity index (χ1) is 8.84. The molecule has 0 amide bonds. The molecule has 1 aromatic rings. The molecule has 3 N–H and O–H groups in total. The third-order valence-electron chi connectivity index (χ3n) is 3.84. The Bertz CT molecular complexity index is 525. The minimum atomic E-state index is -3.42. The number of hydrogen-bond donors (Lipinski definition) is 2. The second kappa shape index (κ2) is 5.52. The van der Waals surface area contributed by atoms with Crippen molar-refractivity contribution in [3.05, 3.63) is 16.3 Å². The Labute approximate surface area is 119 Å². The molecule has 108 valence electrons. The van der Waals surface area contributed by atoms with E-state index in [4.69, 9.17) is 5.73 Å². The molecule has 4 nitrogen and oxygen atoms in total. The van der Waals surface area contributed by atoms with Gasteiger partial charge in [-0.1, -0.05) is 13.8 Å². The smallest absolute Gasteiger partial charge is 0.241 e. The number of thiophene rings is 1. The quantitative estimate of drug-likeness (QED) is 0.897. The molecular weight excluding hydrogens is 280 g/mol. The van der Waals surface area contributed by atoms with Gasteiger partial charge < -0.3 is 5.73 Å². The van der Waals surface area contributed by atoms with E-state index < -0.39 is 10.0 Å². The Hall–Kier alpha value is -0.430. The highest BCUT2D eigenvalue weighted by Crippen LogP contribution is 2.35. The molecule has 0 spiro atoms. The van der Waals surface area contributed by atoms with Crippen molar-refractivity contribution in [2.45, 2.75) is 57.0 Å². The highest BCUT2D eigenvalue weighted by Gasteiger charge is 2.30. The van der Waals surface area contributed by atoms with Crippen LogP contribution in [0.5, 0.6) is 0 Å². The van der Waals surface area contributed by atoms with Crippen LogP contribution in [0.4, 0.5) is 0 Å². The van der Waals surface area contributed by atoms with Crippen molar-refractivity contribution in [3.8, 4) is 0 Å². The fraction of sp³-hybridized carbons (Fsp3) is 0.692. The standard InChI is InChI=1S/C13H22N2O2S2/c1-13(2)6-3-10(4-7-13)15-19(16,17)12-5-8-18-11(12)9-14/h5,8,10,15H,3-4,6-7,9,14H2,1-2H3. The van der Waals surface area contributed by atoms with E-state index in [0.717, 1.165) is 30.6 Å². The molecule has 0 aromatic carbocycles. The van der Waals surface area contributed by atoms with Gasteiger partial charge in [-0.25, -0.2) is 13.1 Å². The zero-order valence-electron chi connectivity index (χ0n) is 11.5. The van der Waals surface area contributed by atoms with Gasteiger partial charge in [0.05, 0.1) is 4.90 Å². The summed E-state index contributed by atoms with van der Waals surface area (Å²) in [5, 5.41) is 1.78. The Morgan fingerprint density at radius 1 is 1.42 bits per heavy atom. The average Bonchev–Trinajstić information content (AvgIpc) is 2.81. The molecule has 6 heteroatoms. The molecule has 1 aliphatic rings. The van der Waals surface area contributed by atoms with Gasteiger partial charge in [-0.05, 0) is 42.5 Å². The van der Waals surface area contributed by atoms with E-state index in [-0.39, 0.29) is 12.6 Å². The number of rotatable bonds is 4. The summed E-state index contributed by atoms with van der Waals surface area (Å²) >= 11 is 1.39. The van der Waals surface area contributed by atoms with Crippen molar-refractivity contribution in [3.63, 3.8) is 0 Å². The predicted octanol–water partition coefficient (Wildman–Crippen LogP) is 2.45. The van der Waals surface area contributed by atoms with E-state index in [1.807, 2.05) is 0 Å². The van der Waals surface area contributed by atoms with Crippen LogP contribution in [-0.2, 0) is 16.6 Å². The summed E-state index contributed by atoms with van der Waals surface area (Å²) in [6, 6.07) is 1.70. The van der Waals surface area contributed by atoms with Crippen LogP contribution in [-0.4, -0.2) is 14.5 Å². The number of hydrogen-bond acceptors (Lipinski definition) is 4. The Balaban J connectivity index is 2.07. The second-order valence-electron chi connectivity index (χ2n) is 5.97. The van der Waals surface area contributed by atoms with Crippen molar-refractivity contribution in [1.82, 2.24) is 4.72 Å². The van der Waals surface area contributed by atoms with Crippen LogP contribution in [0.1, 0.15) is 44.4 Å². The molecule has 1 heterocycles. The van der Waals surface area contributed by atoms with Crippen molar-refractivity contribution >= 4 is 21.4 Å². The summed E-state index contributed by atoms with van der Waals surface area (Å²) in [5.41, 5.74) is 5.92. The van der Waals surface area contributed by atoms with Gasteiger partial charge in [0.2, 0.25) is 10.0 Å². The molecule has 1 aliphatic carbocycles. The summed E-state index contributed by atoms with van der Waals surface area (Å²) in [6.07, 6.45) is 3.95. The van der Waals surface area contributed by atoms with Gasteiger partial charge in [-0.3, -0.25) is 0 Å². The van der Waals surface area contributed by atoms with Crippen LogP contribution in [0.15, 0.2) is 16.3 Å². The van der Waals surface area contributed by atoms with Crippen LogP contribution in [0.25, 0.3) is 0 Å². The third kappa shape index (κ3) is 3.56. The van der Waals surface area contributed by atoms with Crippen LogP contribution in [0.3, 0.4) is 0 Å². The number of nitrogens with two attached hydrogens (primary N) is 1. The van der Waals surface area contributed by atoms with Crippen LogP contribution >= 0.6 is 11.3 Å². The zero-order chi connectivity index (χ0) is 14.1. The predicted molar refractivity (Wildman–Crippen MR) is 78.6 cm³/mol. The largest absolute Gasteiger partial charge is 0.326 e. The maximum absolute atomic E-state index is 12.3. The Kier molecular flexibility index (Phi) is 4.35. The summed E-state index contributed by atoms with van der Waals surface area (Å²) in [5.74, 6) is 0. The van der Waals surface area contributed by atoms with Gasteiger partial charge >= 0.3 is 0 Å². The highest BCUT2D eigenvalue weighted by atomic mass is 32.2. The Morgan fingerprint density at radius 2 is 2.05 bits per heavy atom. The van der Waals surface area contributed by atoms with E-state index >= 15 is 0 Å². The van der Waals surface area contributed by atoms with Gasteiger partial charge in [0.1, 0.15) is 0 Å². The van der Waals surface area contributed by atoms with Gasteiger partial charge in [0, 0.05) is 17.5 Å². The monoisotopic (exact) mass is 302 g/mol. The van der Waals surface area contributed by atoms with Gasteiger partial charge in [-0.15, -0.1) is 11.3 Å². The molecule has 1 aromatic heterocycles. The SMILES string of the molecule is CC1(C)CCC(NS(=O)(=O)c2ccsc2CN)CC1. The van der Waals surface area contributed by atoms with E-state index in [1.165, 1.54) is 11.3 Å². The van der Waals surface area contributed by atoms with Crippen molar-refractivity contribution in [1.29, 1.82) is 0 Å². The van der Waals surface area contributed by atoms with Crippen LogP contribution < -0.4 is 10.5 Å². The molecule has 0 radical (unpaired) electrons. The lowest BCUT2D eigenvalue weighted by atomic mass is 9.76. The minimum Gasteiger partial charge on any atom is -0.326 e. The second-order valence-corrected chi connectivity index (χ2v) is 8.65. The highest BCUT2D eigenvalue weighted by molar-refractivity contribution is 7.89. The van der Waals surface area contributed by atoms with Crippen molar-refractivity contribution in [2.24, 2.45) is 11.1 Å². The summed E-state index contributed by atoms with van der Waals surface area (Å²) in [6.45, 7) is 4.75. The molecule has 1 fully saturated rings. The maximum atomic E-state index is 12.3. The third-order valence-corrected chi connectivity index (χ3v) is 6.52. The lowest BCUT2D eigenvalue weighted by molar-refractivity contribution is 0.218. The molecule has 0 unspecified atom stereocenters. The fourth-order valence-electron chi connectivity index (χ4n) is 2.52. The number of sulfonamides is 1. The normalized spacial score (nSPS) is 20.6. The first-order valence-corrected chi connectivity index (χ1v) is 8.99. The average molecular weight is 302 g/mol. The Morgan fingerprint density at radius 3 is 2.63 bits per heavy atom.